The molecule has 0 aromatic carbocycles. The molecule has 1 unspecified atom stereocenters. The zero-order chi connectivity index (χ0) is 10.5. The van der Waals surface area contributed by atoms with E-state index in [1.165, 1.54) is 25.7 Å². The first-order valence-electron chi connectivity index (χ1n) is 5.59. The molecule has 13 heavy (non-hydrogen) atoms. The van der Waals surface area contributed by atoms with Crippen LogP contribution < -0.4 is 0 Å². The van der Waals surface area contributed by atoms with Gasteiger partial charge in [0.2, 0.25) is 0 Å². The number of hydrogen-bond acceptors (Lipinski definition) is 0. The van der Waals surface area contributed by atoms with Gasteiger partial charge < -0.3 is 0 Å². The van der Waals surface area contributed by atoms with E-state index in [4.69, 9.17) is 0 Å². The van der Waals surface area contributed by atoms with E-state index in [9.17, 15) is 0 Å². The van der Waals surface area contributed by atoms with Crippen LogP contribution in [0.4, 0.5) is 0 Å². The number of hydrogen-bond donors (Lipinski definition) is 0. The summed E-state index contributed by atoms with van der Waals surface area (Å²) in [6.07, 6.45) is 7.15. The molecule has 0 aromatic heterocycles. The largest absolute Gasteiger partial charge is 0.103 e. The van der Waals surface area contributed by atoms with Crippen molar-refractivity contribution >= 4 is 0 Å². The van der Waals surface area contributed by atoms with Crippen LogP contribution in [0.5, 0.6) is 0 Å². The summed E-state index contributed by atoms with van der Waals surface area (Å²) in [7, 11) is 0. The summed E-state index contributed by atoms with van der Waals surface area (Å²) < 4.78 is 0. The van der Waals surface area contributed by atoms with Gasteiger partial charge in [-0.2, -0.15) is 0 Å². The molecule has 0 saturated heterocycles. The lowest BCUT2D eigenvalue weighted by Crippen LogP contribution is -2.24. The Hall–Kier alpha value is -0.260. The molecule has 78 valence electrons. The van der Waals surface area contributed by atoms with Gasteiger partial charge in [0.05, 0.1) is 0 Å². The molecule has 0 aliphatic heterocycles. The molecule has 0 saturated carbocycles. The topological polar surface area (TPSA) is 0 Å². The minimum Gasteiger partial charge on any atom is -0.103 e. The second kappa shape index (κ2) is 4.83. The summed E-state index contributed by atoms with van der Waals surface area (Å²) >= 11 is 0. The van der Waals surface area contributed by atoms with E-state index in [1.54, 1.807) is 0 Å². The maximum absolute atomic E-state index is 3.96. The fraction of sp³-hybridized carbons (Fsp3) is 0.846. The first kappa shape index (κ1) is 12.7. The van der Waals surface area contributed by atoms with Crippen molar-refractivity contribution in [2.24, 2.45) is 10.8 Å². The lowest BCUT2D eigenvalue weighted by molar-refractivity contribution is 0.181. The maximum atomic E-state index is 3.96. The van der Waals surface area contributed by atoms with Crippen LogP contribution in [-0.4, -0.2) is 0 Å². The van der Waals surface area contributed by atoms with Crippen LogP contribution >= 0.6 is 0 Å². The quantitative estimate of drug-likeness (QED) is 0.517. The van der Waals surface area contributed by atoms with Crippen molar-refractivity contribution in [1.29, 1.82) is 0 Å². The van der Waals surface area contributed by atoms with Crippen LogP contribution in [0, 0.1) is 10.8 Å². The van der Waals surface area contributed by atoms with E-state index in [1.807, 2.05) is 0 Å². The Balaban J connectivity index is 4.45. The Morgan fingerprint density at radius 1 is 1.00 bits per heavy atom. The molecule has 0 fully saturated rings. The Morgan fingerprint density at radius 3 is 1.69 bits per heavy atom. The van der Waals surface area contributed by atoms with Gasteiger partial charge in [0.25, 0.3) is 0 Å². The van der Waals surface area contributed by atoms with Crippen molar-refractivity contribution in [3.8, 4) is 0 Å². The second-order valence-corrected chi connectivity index (χ2v) is 4.91. The number of allylic oxidation sites excluding steroid dienone is 1. The molecule has 0 aliphatic rings. The minimum atomic E-state index is 0.334. The van der Waals surface area contributed by atoms with Crippen molar-refractivity contribution in [1.82, 2.24) is 0 Å². The fourth-order valence-corrected chi connectivity index (χ4v) is 1.82. The Kier molecular flexibility index (Phi) is 4.74. The van der Waals surface area contributed by atoms with E-state index in [2.05, 4.69) is 47.3 Å². The molecule has 1 atom stereocenters. The molecule has 0 radical (unpaired) electrons. The molecule has 0 heteroatoms. The van der Waals surface area contributed by atoms with Gasteiger partial charge >= 0.3 is 0 Å². The zero-order valence-corrected chi connectivity index (χ0v) is 10.1. The lowest BCUT2D eigenvalue weighted by atomic mass is 9.69. The molecule has 0 bridgehead atoms. The third kappa shape index (κ3) is 3.54. The average molecular weight is 182 g/mol. The van der Waals surface area contributed by atoms with Gasteiger partial charge in [-0.15, -0.1) is 6.58 Å². The molecule has 0 amide bonds. The van der Waals surface area contributed by atoms with E-state index >= 15 is 0 Å². The monoisotopic (exact) mass is 182 g/mol. The highest BCUT2D eigenvalue weighted by atomic mass is 14.3. The molecule has 0 N–H and O–H groups in total. The lowest BCUT2D eigenvalue weighted by Gasteiger charge is -2.36. The Morgan fingerprint density at radius 2 is 1.46 bits per heavy atom. The standard InChI is InChI=1S/C13H26/c1-7-12(5,8-2)11-13(6,9-3)10-4/h7H,1,8-11H2,2-6H3. The first-order valence-corrected chi connectivity index (χ1v) is 5.59. The molecule has 0 heterocycles. The van der Waals surface area contributed by atoms with Gasteiger partial charge in [0.15, 0.2) is 0 Å². The van der Waals surface area contributed by atoms with Crippen LogP contribution in [0.2, 0.25) is 0 Å². The summed E-state index contributed by atoms with van der Waals surface area (Å²) in [6.45, 7) is 15.5. The van der Waals surface area contributed by atoms with E-state index < -0.39 is 0 Å². The SMILES string of the molecule is C=CC(C)(CC)CC(C)(CC)CC. The molecular weight excluding hydrogens is 156 g/mol. The van der Waals surface area contributed by atoms with Gasteiger partial charge in [0.1, 0.15) is 0 Å². The van der Waals surface area contributed by atoms with Crippen LogP contribution in [0.3, 0.4) is 0 Å². The highest BCUT2D eigenvalue weighted by Crippen LogP contribution is 2.41. The third-order valence-corrected chi connectivity index (χ3v) is 3.84. The normalized spacial score (nSPS) is 16.7. The third-order valence-electron chi connectivity index (χ3n) is 3.84. The van der Waals surface area contributed by atoms with Crippen LogP contribution in [0.1, 0.15) is 60.3 Å². The maximum Gasteiger partial charge on any atom is -0.0147 e. The predicted molar refractivity (Wildman–Crippen MR) is 61.9 cm³/mol. The van der Waals surface area contributed by atoms with E-state index in [0.717, 1.165) is 0 Å². The molecule has 0 spiro atoms. The van der Waals surface area contributed by atoms with Crippen molar-refractivity contribution in [2.45, 2.75) is 60.3 Å². The van der Waals surface area contributed by atoms with Gasteiger partial charge in [0, 0.05) is 0 Å². The van der Waals surface area contributed by atoms with Crippen LogP contribution in [0.25, 0.3) is 0 Å². The van der Waals surface area contributed by atoms with E-state index in [0.29, 0.717) is 10.8 Å². The highest BCUT2D eigenvalue weighted by molar-refractivity contribution is 4.94. The fourth-order valence-electron chi connectivity index (χ4n) is 1.82. The van der Waals surface area contributed by atoms with Crippen LogP contribution in [-0.2, 0) is 0 Å². The first-order chi connectivity index (χ1) is 5.95. The summed E-state index contributed by atoms with van der Waals surface area (Å²) in [5.74, 6) is 0. The Labute approximate surface area is 84.4 Å². The Bertz CT molecular complexity index is 153. The highest BCUT2D eigenvalue weighted by Gasteiger charge is 2.29. The zero-order valence-electron chi connectivity index (χ0n) is 10.1. The molecule has 0 nitrogen and oxygen atoms in total. The van der Waals surface area contributed by atoms with Gasteiger partial charge in [-0.3, -0.25) is 0 Å². The smallest absolute Gasteiger partial charge is 0.0147 e. The second-order valence-electron chi connectivity index (χ2n) is 4.91. The minimum absolute atomic E-state index is 0.334. The van der Waals surface area contributed by atoms with Gasteiger partial charge in [-0.25, -0.2) is 0 Å². The molecule has 0 rings (SSSR count). The summed E-state index contributed by atoms with van der Waals surface area (Å²) in [5, 5.41) is 0. The van der Waals surface area contributed by atoms with Crippen molar-refractivity contribution < 1.29 is 0 Å². The summed E-state index contributed by atoms with van der Waals surface area (Å²) in [6, 6.07) is 0. The predicted octanol–water partition coefficient (Wildman–Crippen LogP) is 4.81. The van der Waals surface area contributed by atoms with Crippen LogP contribution in [0.15, 0.2) is 12.7 Å². The summed E-state index contributed by atoms with van der Waals surface area (Å²) in [5.41, 5.74) is 0.833. The van der Waals surface area contributed by atoms with Crippen molar-refractivity contribution in [3.63, 3.8) is 0 Å². The summed E-state index contributed by atoms with van der Waals surface area (Å²) in [4.78, 5) is 0. The molecule has 0 aromatic rings. The molecular formula is C13H26. The number of rotatable bonds is 6. The van der Waals surface area contributed by atoms with E-state index in [-0.39, 0.29) is 0 Å². The average Bonchev–Trinajstić information content (AvgIpc) is 2.17. The molecule has 0 aliphatic carbocycles. The van der Waals surface area contributed by atoms with Gasteiger partial charge in [-0.1, -0.05) is 53.5 Å². The van der Waals surface area contributed by atoms with Crippen molar-refractivity contribution in [2.75, 3.05) is 0 Å². The van der Waals surface area contributed by atoms with Gasteiger partial charge in [-0.05, 0) is 23.7 Å². The van der Waals surface area contributed by atoms with Crippen molar-refractivity contribution in [3.05, 3.63) is 12.7 Å².